The lowest BCUT2D eigenvalue weighted by atomic mass is 10.2. The fraction of sp³-hybridized carbons (Fsp3) is 0.538. The number of nitrogen functional groups attached to an aromatic ring is 1. The Balaban J connectivity index is 2.20. The summed E-state index contributed by atoms with van der Waals surface area (Å²) in [6.07, 6.45) is 6.58. The third-order valence-corrected chi connectivity index (χ3v) is 5.16. The molecule has 1 unspecified atom stereocenters. The van der Waals surface area contributed by atoms with Gasteiger partial charge in [0.25, 0.3) is 0 Å². The monoisotopic (exact) mass is 255 g/mol. The Hall–Kier alpha value is -0.900. The van der Waals surface area contributed by atoms with Gasteiger partial charge in [-0.15, -0.1) is 0 Å². The molecule has 0 aromatic heterocycles. The van der Waals surface area contributed by atoms with Gasteiger partial charge in [-0.25, -0.2) is 4.39 Å². The minimum absolute atomic E-state index is 0.140. The molecule has 1 aliphatic rings. The van der Waals surface area contributed by atoms with Crippen LogP contribution in [0.4, 0.5) is 10.1 Å². The van der Waals surface area contributed by atoms with Crippen LogP contribution in [0, 0.1) is 5.82 Å². The van der Waals surface area contributed by atoms with Gasteiger partial charge in [-0.3, -0.25) is 4.21 Å². The number of halogens is 1. The SMILES string of the molecule is Nc1ccc(F)cc1S(=O)C1CCCCCC1. The molecule has 0 aliphatic heterocycles. The van der Waals surface area contributed by atoms with E-state index < -0.39 is 10.8 Å². The van der Waals surface area contributed by atoms with Crippen LogP contribution in [-0.2, 0) is 10.8 Å². The van der Waals surface area contributed by atoms with E-state index in [9.17, 15) is 8.60 Å². The van der Waals surface area contributed by atoms with Gasteiger partial charge >= 0.3 is 0 Å². The molecule has 2 nitrogen and oxygen atoms in total. The normalized spacial score (nSPS) is 19.8. The van der Waals surface area contributed by atoms with E-state index in [1.54, 1.807) is 0 Å². The molecule has 1 fully saturated rings. The summed E-state index contributed by atoms with van der Waals surface area (Å²) in [6.45, 7) is 0. The summed E-state index contributed by atoms with van der Waals surface area (Å²) in [7, 11) is -1.17. The van der Waals surface area contributed by atoms with E-state index >= 15 is 0 Å². The second-order valence-electron chi connectivity index (χ2n) is 4.59. The summed E-state index contributed by atoms with van der Waals surface area (Å²) in [5.41, 5.74) is 6.22. The van der Waals surface area contributed by atoms with Gasteiger partial charge in [-0.2, -0.15) is 0 Å². The first kappa shape index (κ1) is 12.6. The van der Waals surface area contributed by atoms with E-state index in [0.717, 1.165) is 25.7 Å². The first-order valence-corrected chi connectivity index (χ1v) is 7.35. The van der Waals surface area contributed by atoms with Crippen LogP contribution in [0.15, 0.2) is 23.1 Å². The van der Waals surface area contributed by atoms with E-state index in [1.165, 1.54) is 31.0 Å². The lowest BCUT2D eigenvalue weighted by Gasteiger charge is -2.15. The van der Waals surface area contributed by atoms with Gasteiger partial charge in [0.05, 0.1) is 15.7 Å². The standard InChI is InChI=1S/C13H18FNOS/c14-10-7-8-12(15)13(9-10)17(16)11-5-3-1-2-4-6-11/h7-9,11H,1-6,15H2. The van der Waals surface area contributed by atoms with E-state index in [0.29, 0.717) is 10.6 Å². The molecule has 0 radical (unpaired) electrons. The maximum absolute atomic E-state index is 13.2. The van der Waals surface area contributed by atoms with Crippen molar-refractivity contribution in [1.29, 1.82) is 0 Å². The molecule has 0 heterocycles. The van der Waals surface area contributed by atoms with Crippen LogP contribution in [0.3, 0.4) is 0 Å². The van der Waals surface area contributed by atoms with E-state index in [-0.39, 0.29) is 11.1 Å². The van der Waals surface area contributed by atoms with Crippen molar-refractivity contribution in [2.24, 2.45) is 0 Å². The second kappa shape index (κ2) is 5.63. The Morgan fingerprint density at radius 1 is 1.18 bits per heavy atom. The van der Waals surface area contributed by atoms with E-state index in [2.05, 4.69) is 0 Å². The Morgan fingerprint density at radius 2 is 1.82 bits per heavy atom. The Labute approximate surface area is 104 Å². The maximum atomic E-state index is 13.2. The van der Waals surface area contributed by atoms with Gasteiger partial charge in [0.1, 0.15) is 5.82 Å². The summed E-state index contributed by atoms with van der Waals surface area (Å²) >= 11 is 0. The van der Waals surface area contributed by atoms with Crippen molar-refractivity contribution in [2.45, 2.75) is 48.7 Å². The molecule has 94 valence electrons. The molecule has 2 rings (SSSR count). The zero-order valence-electron chi connectivity index (χ0n) is 9.82. The molecule has 4 heteroatoms. The molecule has 0 spiro atoms. The summed E-state index contributed by atoms with van der Waals surface area (Å²) in [5, 5.41) is 0.140. The van der Waals surface area contributed by atoms with Crippen LogP contribution < -0.4 is 5.73 Å². The fourth-order valence-electron chi connectivity index (χ4n) is 2.32. The van der Waals surface area contributed by atoms with Gasteiger partial charge in [0, 0.05) is 10.9 Å². The average Bonchev–Trinajstić information content (AvgIpc) is 2.60. The van der Waals surface area contributed by atoms with E-state index in [4.69, 9.17) is 5.73 Å². The first-order valence-electron chi connectivity index (χ1n) is 6.14. The lowest BCUT2D eigenvalue weighted by Crippen LogP contribution is -2.15. The molecule has 0 amide bonds. The van der Waals surface area contributed by atoms with Crippen LogP contribution in [0.2, 0.25) is 0 Å². The fourth-order valence-corrected chi connectivity index (χ4v) is 3.97. The largest absolute Gasteiger partial charge is 0.398 e. The molecule has 0 bridgehead atoms. The number of nitrogens with two attached hydrogens (primary N) is 1. The smallest absolute Gasteiger partial charge is 0.124 e. The van der Waals surface area contributed by atoms with Crippen molar-refractivity contribution in [1.82, 2.24) is 0 Å². The van der Waals surface area contributed by atoms with Gasteiger partial charge in [-0.1, -0.05) is 25.7 Å². The summed E-state index contributed by atoms with van der Waals surface area (Å²) in [5.74, 6) is -0.365. The second-order valence-corrected chi connectivity index (χ2v) is 6.29. The number of hydrogen-bond donors (Lipinski definition) is 1. The number of rotatable bonds is 2. The molecule has 1 aromatic rings. The average molecular weight is 255 g/mol. The highest BCUT2D eigenvalue weighted by Crippen LogP contribution is 2.28. The zero-order chi connectivity index (χ0) is 12.3. The Bertz CT molecular complexity index is 414. The summed E-state index contributed by atoms with van der Waals surface area (Å²) in [4.78, 5) is 0.469. The van der Waals surface area contributed by atoms with Gasteiger partial charge < -0.3 is 5.73 Å². The van der Waals surface area contributed by atoms with Crippen molar-refractivity contribution in [3.8, 4) is 0 Å². The van der Waals surface area contributed by atoms with Crippen LogP contribution in [-0.4, -0.2) is 9.46 Å². The molecule has 17 heavy (non-hydrogen) atoms. The van der Waals surface area contributed by atoms with Crippen LogP contribution in [0.1, 0.15) is 38.5 Å². The van der Waals surface area contributed by atoms with Gasteiger partial charge in [-0.05, 0) is 31.0 Å². The highest BCUT2D eigenvalue weighted by molar-refractivity contribution is 7.85. The predicted molar refractivity (Wildman–Crippen MR) is 68.7 cm³/mol. The molecule has 0 saturated heterocycles. The third kappa shape index (κ3) is 3.06. The third-order valence-electron chi connectivity index (χ3n) is 3.30. The van der Waals surface area contributed by atoms with Crippen LogP contribution in [0.5, 0.6) is 0 Å². The molecule has 1 atom stereocenters. The molecule has 1 saturated carbocycles. The summed E-state index contributed by atoms with van der Waals surface area (Å²) < 4.78 is 25.6. The predicted octanol–water partition coefficient (Wildman–Crippen LogP) is 3.24. The molecular weight excluding hydrogens is 237 g/mol. The quantitative estimate of drug-likeness (QED) is 0.651. The van der Waals surface area contributed by atoms with Gasteiger partial charge in [0.15, 0.2) is 0 Å². The van der Waals surface area contributed by atoms with Crippen molar-refractivity contribution in [3.05, 3.63) is 24.0 Å². The number of anilines is 1. The Kier molecular flexibility index (Phi) is 4.15. The molecule has 2 N–H and O–H groups in total. The topological polar surface area (TPSA) is 43.1 Å². The number of benzene rings is 1. The first-order chi connectivity index (χ1) is 8.18. The van der Waals surface area contributed by atoms with Crippen molar-refractivity contribution in [3.63, 3.8) is 0 Å². The van der Waals surface area contributed by atoms with E-state index in [1.807, 2.05) is 0 Å². The zero-order valence-corrected chi connectivity index (χ0v) is 10.6. The molecule has 1 aliphatic carbocycles. The van der Waals surface area contributed by atoms with Crippen LogP contribution in [0.25, 0.3) is 0 Å². The van der Waals surface area contributed by atoms with Crippen molar-refractivity contribution < 1.29 is 8.60 Å². The molecular formula is C13H18FNOS. The maximum Gasteiger partial charge on any atom is 0.124 e. The minimum atomic E-state index is -1.17. The minimum Gasteiger partial charge on any atom is -0.398 e. The highest BCUT2D eigenvalue weighted by atomic mass is 32.2. The highest BCUT2D eigenvalue weighted by Gasteiger charge is 2.21. The van der Waals surface area contributed by atoms with Crippen molar-refractivity contribution >= 4 is 16.5 Å². The summed E-state index contributed by atoms with van der Waals surface area (Å²) in [6, 6.07) is 4.12. The molecule has 1 aromatic carbocycles. The van der Waals surface area contributed by atoms with Gasteiger partial charge in [0.2, 0.25) is 0 Å². The number of hydrogen-bond acceptors (Lipinski definition) is 2. The Morgan fingerprint density at radius 3 is 2.47 bits per heavy atom. The van der Waals surface area contributed by atoms with Crippen LogP contribution >= 0.6 is 0 Å². The van der Waals surface area contributed by atoms with Crippen molar-refractivity contribution in [2.75, 3.05) is 5.73 Å². The lowest BCUT2D eigenvalue weighted by molar-refractivity contribution is 0.619.